The topological polar surface area (TPSA) is 61.0 Å². The molecule has 0 aliphatic carbocycles. The molecule has 0 aromatic heterocycles. The van der Waals surface area contributed by atoms with Gasteiger partial charge in [-0.2, -0.15) is 0 Å². The lowest BCUT2D eigenvalue weighted by atomic mass is 9.92. The molecule has 0 heterocycles. The normalized spacial score (nSPS) is 11.2. The van der Waals surface area contributed by atoms with E-state index in [-0.39, 0.29) is 0 Å². The van der Waals surface area contributed by atoms with E-state index in [1.807, 2.05) is 0 Å². The van der Waals surface area contributed by atoms with Crippen LogP contribution in [0.2, 0.25) is 0 Å². The molecule has 0 aliphatic rings. The van der Waals surface area contributed by atoms with E-state index in [9.17, 15) is 0 Å². The van der Waals surface area contributed by atoms with Crippen LogP contribution in [-0.4, -0.2) is 26.4 Å². The number of fused-ring (bicyclic) bond motifs is 2. The molecule has 0 amide bonds. The average Bonchev–Trinajstić information content (AvgIpc) is 0.760. The van der Waals surface area contributed by atoms with Gasteiger partial charge in [0.25, 0.3) is 0 Å². The number of aryl methyl sites for hydroxylation is 6. The van der Waals surface area contributed by atoms with E-state index in [0.29, 0.717) is 26.4 Å². The van der Waals surface area contributed by atoms with Gasteiger partial charge in [0.1, 0.15) is 23.0 Å². The number of benzene rings is 11. The SMILES string of the molecule is CCCCOc1cc(C)cc(OCCCC)c1-c1cc(C=C(c2ccc(C)cc2)c2ccc(C)cc2)ccc1Nc1c2ccccc2c(Nc2ccc(C=C(c3ccc(C)cc3)c3ccc(C)cc3)cc2-c2c(OCCCC)cc(C)cc2OCCCC)c2ccccc12. The van der Waals surface area contributed by atoms with Crippen LogP contribution in [0.1, 0.15) is 146 Å². The number of nitrogens with one attached hydrogen (secondary N) is 2. The molecule has 0 spiro atoms. The van der Waals surface area contributed by atoms with E-state index < -0.39 is 0 Å². The second-order valence-electron chi connectivity index (χ2n) is 25.4. The first kappa shape index (κ1) is 65.7. The minimum absolute atomic E-state index is 0.589. The van der Waals surface area contributed by atoms with Gasteiger partial charge in [-0.05, 0) is 184 Å². The van der Waals surface area contributed by atoms with Gasteiger partial charge in [-0.25, -0.2) is 0 Å². The molecule has 0 saturated heterocycles. The van der Waals surface area contributed by atoms with Crippen molar-refractivity contribution in [2.24, 2.45) is 0 Å². The highest BCUT2D eigenvalue weighted by atomic mass is 16.5. The largest absolute Gasteiger partial charge is 0.493 e. The van der Waals surface area contributed by atoms with E-state index in [4.69, 9.17) is 18.9 Å². The summed E-state index contributed by atoms with van der Waals surface area (Å²) in [5.74, 6) is 3.23. The fraction of sp³-hybridized carbons (Fsp3) is 0.250. The maximum atomic E-state index is 6.89. The summed E-state index contributed by atoms with van der Waals surface area (Å²) in [7, 11) is 0. The lowest BCUT2D eigenvalue weighted by Gasteiger charge is -2.24. The molecular weight excluding hydrogens is 1150 g/mol. The van der Waals surface area contributed by atoms with Gasteiger partial charge >= 0.3 is 0 Å². The van der Waals surface area contributed by atoms with Gasteiger partial charge in [0, 0.05) is 44.0 Å². The molecule has 11 aromatic rings. The molecule has 0 radical (unpaired) electrons. The quantitative estimate of drug-likeness (QED) is 0.0221. The first-order valence-corrected chi connectivity index (χ1v) is 34.2. The van der Waals surface area contributed by atoms with Crippen molar-refractivity contribution in [3.8, 4) is 45.3 Å². The summed E-state index contributed by atoms with van der Waals surface area (Å²) in [6.45, 7) is 24.0. The van der Waals surface area contributed by atoms with Crippen molar-refractivity contribution in [3.05, 3.63) is 273 Å². The Morgan fingerprint density at radius 1 is 0.309 bits per heavy atom. The van der Waals surface area contributed by atoms with Crippen LogP contribution in [0.5, 0.6) is 23.0 Å². The fourth-order valence-corrected chi connectivity index (χ4v) is 12.3. The third-order valence-corrected chi connectivity index (χ3v) is 17.6. The van der Waals surface area contributed by atoms with Crippen LogP contribution in [0.3, 0.4) is 0 Å². The zero-order chi connectivity index (χ0) is 65.5. The first-order valence-electron chi connectivity index (χ1n) is 34.2. The van der Waals surface area contributed by atoms with Crippen molar-refractivity contribution in [3.63, 3.8) is 0 Å². The predicted octanol–water partition coefficient (Wildman–Crippen LogP) is 24.6. The zero-order valence-corrected chi connectivity index (χ0v) is 56.9. The van der Waals surface area contributed by atoms with Gasteiger partial charge in [-0.1, -0.05) is 233 Å². The lowest BCUT2D eigenvalue weighted by molar-refractivity contribution is 0.296. The minimum Gasteiger partial charge on any atom is -0.493 e. The molecule has 0 saturated carbocycles. The van der Waals surface area contributed by atoms with Gasteiger partial charge in [0.2, 0.25) is 0 Å². The van der Waals surface area contributed by atoms with E-state index in [1.54, 1.807) is 0 Å². The van der Waals surface area contributed by atoms with Gasteiger partial charge < -0.3 is 29.6 Å². The Kier molecular flexibility index (Phi) is 21.8. The molecule has 11 rings (SSSR count). The summed E-state index contributed by atoms with van der Waals surface area (Å²) in [4.78, 5) is 0. The van der Waals surface area contributed by atoms with Crippen molar-refractivity contribution >= 4 is 67.6 Å². The van der Waals surface area contributed by atoms with Gasteiger partial charge in [0.15, 0.2) is 0 Å². The summed E-state index contributed by atoms with van der Waals surface area (Å²) >= 11 is 0. The van der Waals surface area contributed by atoms with Crippen LogP contribution in [0, 0.1) is 41.5 Å². The molecule has 0 aliphatic heterocycles. The third kappa shape index (κ3) is 15.6. The molecule has 2 N–H and O–H groups in total. The molecule has 0 bridgehead atoms. The Hall–Kier alpha value is -9.78. The summed E-state index contributed by atoms with van der Waals surface area (Å²) in [6.07, 6.45) is 12.5. The number of hydrogen-bond acceptors (Lipinski definition) is 6. The Labute approximate surface area is 559 Å². The summed E-state index contributed by atoms with van der Waals surface area (Å²) < 4.78 is 27.6. The summed E-state index contributed by atoms with van der Waals surface area (Å²) in [6, 6.07) is 75.4. The number of ether oxygens (including phenoxy) is 4. The Morgan fingerprint density at radius 3 is 0.830 bits per heavy atom. The molecule has 478 valence electrons. The summed E-state index contributed by atoms with van der Waals surface area (Å²) in [5.41, 5.74) is 23.7. The van der Waals surface area contributed by atoms with Gasteiger partial charge in [-0.15, -0.1) is 0 Å². The van der Waals surface area contributed by atoms with Crippen molar-refractivity contribution < 1.29 is 18.9 Å². The van der Waals surface area contributed by atoms with Crippen LogP contribution in [0.15, 0.2) is 206 Å². The third-order valence-electron chi connectivity index (χ3n) is 17.6. The Morgan fingerprint density at radius 2 is 0.574 bits per heavy atom. The van der Waals surface area contributed by atoms with Crippen LogP contribution in [-0.2, 0) is 0 Å². The van der Waals surface area contributed by atoms with Crippen molar-refractivity contribution in [2.45, 2.75) is 121 Å². The fourth-order valence-electron chi connectivity index (χ4n) is 12.3. The van der Waals surface area contributed by atoms with E-state index in [2.05, 4.69) is 298 Å². The molecule has 6 nitrogen and oxygen atoms in total. The highest BCUT2D eigenvalue weighted by molar-refractivity contribution is 6.21. The number of anilines is 4. The van der Waals surface area contributed by atoms with Crippen LogP contribution in [0.4, 0.5) is 22.7 Å². The van der Waals surface area contributed by atoms with E-state index in [0.717, 1.165) is 197 Å². The van der Waals surface area contributed by atoms with E-state index >= 15 is 0 Å². The zero-order valence-electron chi connectivity index (χ0n) is 56.9. The van der Waals surface area contributed by atoms with Crippen LogP contribution >= 0.6 is 0 Å². The molecule has 6 heteroatoms. The van der Waals surface area contributed by atoms with E-state index in [1.165, 1.54) is 22.3 Å². The first-order chi connectivity index (χ1) is 45.9. The molecule has 0 fully saturated rings. The number of rotatable bonds is 28. The lowest BCUT2D eigenvalue weighted by Crippen LogP contribution is -2.05. The Balaban J connectivity index is 1.12. The van der Waals surface area contributed by atoms with Gasteiger partial charge in [-0.3, -0.25) is 0 Å². The van der Waals surface area contributed by atoms with Crippen molar-refractivity contribution in [2.75, 3.05) is 37.1 Å². The molecule has 94 heavy (non-hydrogen) atoms. The molecule has 11 aromatic carbocycles. The minimum atomic E-state index is 0.589. The van der Waals surface area contributed by atoms with Crippen LogP contribution in [0.25, 0.3) is 67.1 Å². The predicted molar refractivity (Wildman–Crippen MR) is 402 cm³/mol. The maximum Gasteiger partial charge on any atom is 0.131 e. The molecule has 0 atom stereocenters. The number of unbranched alkanes of at least 4 members (excludes halogenated alkanes) is 4. The highest BCUT2D eigenvalue weighted by Gasteiger charge is 2.25. The summed E-state index contributed by atoms with van der Waals surface area (Å²) in [5, 5.41) is 12.6. The second-order valence-corrected chi connectivity index (χ2v) is 25.4. The second kappa shape index (κ2) is 31.2. The van der Waals surface area contributed by atoms with Crippen LogP contribution < -0.4 is 29.6 Å². The smallest absolute Gasteiger partial charge is 0.131 e. The highest BCUT2D eigenvalue weighted by Crippen LogP contribution is 2.50. The number of hydrogen-bond donors (Lipinski definition) is 2. The Bertz CT molecular complexity index is 3960. The van der Waals surface area contributed by atoms with Gasteiger partial charge in [0.05, 0.1) is 48.9 Å². The average molecular weight is 1240 g/mol. The monoisotopic (exact) mass is 1240 g/mol. The molecule has 0 unspecified atom stereocenters. The standard InChI is InChI=1S/C88H92N2O4/c1-11-15-47-91-81-51-63(9)52-82(92-48-16-12-2)85(81)77-57-65(55-75(67-37-27-59(5)28-38-67)68-39-29-60(6)30-40-68)35-45-79(77)89-87-71-23-19-21-25-73(71)88(74-26-22-20-24-72(74)87)90-80-46-36-66(56-76(69-41-31-61(7)32-42-69)70-43-33-62(8)34-44-70)58-78(80)86-83(93-49-17-13-3)53-64(10)54-84(86)94-50-18-14-4/h19-46,51-58,89-90H,11-18,47-50H2,1-10H3. The maximum absolute atomic E-state index is 6.89. The van der Waals surface area contributed by atoms with Crippen molar-refractivity contribution in [1.29, 1.82) is 0 Å². The molecular formula is C88H92N2O4. The van der Waals surface area contributed by atoms with Crippen molar-refractivity contribution in [1.82, 2.24) is 0 Å².